The van der Waals surface area contributed by atoms with E-state index in [-0.39, 0.29) is 17.6 Å². The van der Waals surface area contributed by atoms with Gasteiger partial charge in [0.2, 0.25) is 5.85 Å². The maximum atomic E-state index is 12.9. The summed E-state index contributed by atoms with van der Waals surface area (Å²) in [5.74, 6) is -0.0396. The molecular formula is C21H47BF4NO5PSi. The topological polar surface area (TPSA) is 66.0 Å². The lowest BCUT2D eigenvalue weighted by Crippen LogP contribution is -2.63. The molecule has 206 valence electrons. The number of halogens is 4. The fourth-order valence-electron chi connectivity index (χ4n) is 4.13. The molecule has 0 saturated heterocycles. The second-order valence-corrected chi connectivity index (χ2v) is 15.2. The SMILES string of the molecule is CCC[P+](CCC)(CCC)C(C)OC(=O)NC(CC)[Si](OCC)(OCC)OCC.F[B-](F)(F)F. The zero-order valence-electron chi connectivity index (χ0n) is 22.3. The quantitative estimate of drug-likeness (QED) is 0.123. The highest BCUT2D eigenvalue weighted by molar-refractivity contribution is 7.76. The summed E-state index contributed by atoms with van der Waals surface area (Å²) in [5.41, 5.74) is -0.321. The number of carbonyl (C=O) groups is 1. The molecule has 0 rings (SSSR count). The van der Waals surface area contributed by atoms with Crippen molar-refractivity contribution in [2.24, 2.45) is 0 Å². The molecule has 0 fully saturated rings. The predicted octanol–water partition coefficient (Wildman–Crippen LogP) is 6.97. The summed E-state index contributed by atoms with van der Waals surface area (Å²) in [6, 6.07) is 0. The van der Waals surface area contributed by atoms with Crippen molar-refractivity contribution in [1.29, 1.82) is 0 Å². The molecule has 0 aliphatic heterocycles. The Morgan fingerprint density at radius 2 is 1.18 bits per heavy atom. The molecule has 34 heavy (non-hydrogen) atoms. The molecule has 0 radical (unpaired) electrons. The Kier molecular flexibility index (Phi) is 19.8. The molecule has 0 aromatic heterocycles. The van der Waals surface area contributed by atoms with Gasteiger partial charge in [-0.2, -0.15) is 0 Å². The van der Waals surface area contributed by atoms with Crippen molar-refractivity contribution in [3.8, 4) is 0 Å². The van der Waals surface area contributed by atoms with E-state index in [0.29, 0.717) is 26.2 Å². The van der Waals surface area contributed by atoms with Crippen LogP contribution in [0.1, 0.15) is 81.1 Å². The van der Waals surface area contributed by atoms with E-state index in [9.17, 15) is 22.1 Å². The maximum Gasteiger partial charge on any atom is 0.673 e. The highest BCUT2D eigenvalue weighted by atomic mass is 31.2. The molecule has 0 bridgehead atoms. The average molecular weight is 539 g/mol. The Hall–Kier alpha value is -0.418. The smallest absolute Gasteiger partial charge is 0.418 e. The van der Waals surface area contributed by atoms with E-state index in [1.807, 2.05) is 27.7 Å². The monoisotopic (exact) mass is 539 g/mol. The summed E-state index contributed by atoms with van der Waals surface area (Å²) in [6.45, 7) is 18.0. The minimum Gasteiger partial charge on any atom is -0.418 e. The number of alkyl carbamates (subject to hydrolysis) is 1. The van der Waals surface area contributed by atoms with Crippen molar-refractivity contribution in [1.82, 2.24) is 5.32 Å². The number of amides is 1. The number of hydrogen-bond acceptors (Lipinski definition) is 5. The molecule has 2 unspecified atom stereocenters. The van der Waals surface area contributed by atoms with E-state index < -0.39 is 23.3 Å². The number of nitrogens with one attached hydrogen (secondary N) is 1. The number of rotatable bonds is 17. The van der Waals surface area contributed by atoms with E-state index >= 15 is 0 Å². The first-order valence-corrected chi connectivity index (χ1v) is 16.7. The molecule has 0 aromatic carbocycles. The van der Waals surface area contributed by atoms with Crippen molar-refractivity contribution >= 4 is 29.4 Å². The third-order valence-electron chi connectivity index (χ3n) is 5.22. The van der Waals surface area contributed by atoms with Crippen LogP contribution in [0.4, 0.5) is 22.1 Å². The highest BCUT2D eigenvalue weighted by Gasteiger charge is 2.50. The van der Waals surface area contributed by atoms with E-state index in [4.69, 9.17) is 18.0 Å². The minimum atomic E-state index is -6.00. The summed E-state index contributed by atoms with van der Waals surface area (Å²) < 4.78 is 62.9. The van der Waals surface area contributed by atoms with E-state index in [1.165, 1.54) is 18.5 Å². The Labute approximate surface area is 206 Å². The molecule has 0 heterocycles. The van der Waals surface area contributed by atoms with Crippen LogP contribution in [-0.2, 0) is 18.0 Å². The zero-order chi connectivity index (χ0) is 26.8. The molecule has 1 amide bonds. The molecule has 6 nitrogen and oxygen atoms in total. The van der Waals surface area contributed by atoms with Crippen LogP contribution in [0.25, 0.3) is 0 Å². The van der Waals surface area contributed by atoms with Crippen molar-refractivity contribution in [2.45, 2.75) is 92.6 Å². The van der Waals surface area contributed by atoms with Gasteiger partial charge in [0, 0.05) is 26.7 Å². The Morgan fingerprint density at radius 1 is 0.824 bits per heavy atom. The van der Waals surface area contributed by atoms with Gasteiger partial charge in [-0.15, -0.1) is 0 Å². The van der Waals surface area contributed by atoms with Crippen LogP contribution >= 0.6 is 7.26 Å². The van der Waals surface area contributed by atoms with Crippen LogP contribution in [0, 0.1) is 0 Å². The van der Waals surface area contributed by atoms with Gasteiger partial charge in [-0.1, -0.05) is 27.7 Å². The molecule has 2 atom stereocenters. The second kappa shape index (κ2) is 18.8. The predicted molar refractivity (Wildman–Crippen MR) is 136 cm³/mol. The van der Waals surface area contributed by atoms with Crippen LogP contribution in [0.2, 0.25) is 0 Å². The van der Waals surface area contributed by atoms with Crippen molar-refractivity contribution in [2.75, 3.05) is 38.3 Å². The molecule has 13 heteroatoms. The van der Waals surface area contributed by atoms with Crippen molar-refractivity contribution in [3.05, 3.63) is 0 Å². The lowest BCUT2D eigenvalue weighted by Gasteiger charge is -2.36. The lowest BCUT2D eigenvalue weighted by atomic mass is 10.3. The fraction of sp³-hybridized carbons (Fsp3) is 0.952. The van der Waals surface area contributed by atoms with Crippen LogP contribution in [0.5, 0.6) is 0 Å². The summed E-state index contributed by atoms with van der Waals surface area (Å²) in [7, 11) is -10.4. The first-order valence-electron chi connectivity index (χ1n) is 12.5. The fourth-order valence-corrected chi connectivity index (χ4v) is 11.7. The molecule has 0 aliphatic carbocycles. The summed E-state index contributed by atoms with van der Waals surface area (Å²) in [5, 5.41) is 3.03. The normalized spacial score (nSPS) is 14.1. The number of ether oxygens (including phenoxy) is 1. The number of hydrogen-bond donors (Lipinski definition) is 1. The third-order valence-corrected chi connectivity index (χ3v) is 14.4. The molecule has 0 saturated carbocycles. The maximum absolute atomic E-state index is 12.9. The van der Waals surface area contributed by atoms with Gasteiger partial charge in [-0.3, -0.25) is 0 Å². The molecule has 0 spiro atoms. The largest absolute Gasteiger partial charge is 0.673 e. The Balaban J connectivity index is 0. The lowest BCUT2D eigenvalue weighted by molar-refractivity contribution is 0.0549. The van der Waals surface area contributed by atoms with Crippen molar-refractivity contribution in [3.63, 3.8) is 0 Å². The van der Waals surface area contributed by atoms with E-state index in [1.54, 1.807) is 0 Å². The van der Waals surface area contributed by atoms with Crippen molar-refractivity contribution < 1.29 is 40.1 Å². The number of carbonyl (C=O) groups excluding carboxylic acids is 1. The second-order valence-electron chi connectivity index (χ2n) is 7.90. The average Bonchev–Trinajstić information content (AvgIpc) is 2.71. The zero-order valence-corrected chi connectivity index (χ0v) is 24.2. The molecular weight excluding hydrogens is 492 g/mol. The Bertz CT molecular complexity index is 498. The van der Waals surface area contributed by atoms with Gasteiger partial charge in [-0.25, -0.2) is 4.79 Å². The van der Waals surface area contributed by atoms with Crippen LogP contribution in [-0.4, -0.2) is 72.0 Å². The Morgan fingerprint density at radius 3 is 1.44 bits per heavy atom. The van der Waals surface area contributed by atoms with E-state index in [0.717, 1.165) is 19.3 Å². The van der Waals surface area contributed by atoms with Crippen LogP contribution in [0.15, 0.2) is 0 Å². The van der Waals surface area contributed by atoms with Gasteiger partial charge in [0.25, 0.3) is 0 Å². The molecule has 1 N–H and O–H groups in total. The third kappa shape index (κ3) is 14.2. The van der Waals surface area contributed by atoms with Gasteiger partial charge in [0.1, 0.15) is 5.67 Å². The van der Waals surface area contributed by atoms with E-state index in [2.05, 4.69) is 33.0 Å². The summed E-state index contributed by atoms with van der Waals surface area (Å²) >= 11 is 0. The molecule has 0 aromatic rings. The minimum absolute atomic E-state index is 0.0396. The van der Waals surface area contributed by atoms with Gasteiger partial charge >= 0.3 is 22.2 Å². The van der Waals surface area contributed by atoms with Gasteiger partial charge < -0.3 is 40.6 Å². The highest BCUT2D eigenvalue weighted by Crippen LogP contribution is 2.64. The standard InChI is InChI=1S/C21H46NO5PSi.BF4/c1-9-16-28(17-10-2,18-11-3)19(8)27-21(23)22-20(12-4)29(24-13-5,25-14-6)26-15-7;2-1(3,4)5/h19-20H,9-18H2,1-8H3;/q;-1/p+1. The molecule has 0 aliphatic rings. The van der Waals surface area contributed by atoms with Gasteiger partial charge in [0.15, 0.2) is 0 Å². The van der Waals surface area contributed by atoms with Gasteiger partial charge in [0.05, 0.1) is 25.7 Å². The summed E-state index contributed by atoms with van der Waals surface area (Å²) in [4.78, 5) is 12.9. The summed E-state index contributed by atoms with van der Waals surface area (Å²) in [6.07, 6.45) is 7.21. The first-order chi connectivity index (χ1) is 15.8. The van der Waals surface area contributed by atoms with Crippen LogP contribution in [0.3, 0.4) is 0 Å². The first kappa shape index (κ1) is 35.7. The van der Waals surface area contributed by atoms with Gasteiger partial charge in [-0.05, 0) is 46.5 Å². The van der Waals surface area contributed by atoms with Crippen LogP contribution < -0.4 is 5.32 Å².